The van der Waals surface area contributed by atoms with Gasteiger partial charge in [0.2, 0.25) is 0 Å². The summed E-state index contributed by atoms with van der Waals surface area (Å²) >= 11 is 0.472. The summed E-state index contributed by atoms with van der Waals surface area (Å²) in [6.07, 6.45) is 4.53. The van der Waals surface area contributed by atoms with Crippen molar-refractivity contribution in [2.75, 3.05) is 0 Å². The van der Waals surface area contributed by atoms with E-state index in [9.17, 15) is 9.59 Å². The van der Waals surface area contributed by atoms with E-state index in [0.29, 0.717) is 60.0 Å². The van der Waals surface area contributed by atoms with Crippen LogP contribution in [-0.2, 0) is 9.57 Å². The fourth-order valence-electron chi connectivity index (χ4n) is 1.08. The van der Waals surface area contributed by atoms with Crippen molar-refractivity contribution < 1.29 is 67.0 Å². The number of aliphatic carboxylic acids is 2. The van der Waals surface area contributed by atoms with Crippen molar-refractivity contribution >= 4 is 11.9 Å². The molecule has 2 N–H and O–H groups in total. The first-order chi connectivity index (χ1) is 7.13. The molecular formula is C9H16EuO5. The number of carbonyl (C=O) groups is 2. The van der Waals surface area contributed by atoms with Crippen molar-refractivity contribution in [3.8, 4) is 0 Å². The van der Waals surface area contributed by atoms with Crippen LogP contribution < -0.4 is 0 Å². The van der Waals surface area contributed by atoms with E-state index in [-0.39, 0.29) is 12.8 Å². The fourth-order valence-corrected chi connectivity index (χ4v) is 1.08. The molecule has 0 fully saturated rings. The topological polar surface area (TPSA) is 91.7 Å². The van der Waals surface area contributed by atoms with E-state index in [2.05, 4.69) is 0 Å². The van der Waals surface area contributed by atoms with Crippen LogP contribution in [0.1, 0.15) is 44.9 Å². The molecule has 0 saturated heterocycles. The van der Waals surface area contributed by atoms with Crippen LogP contribution in [0.5, 0.6) is 0 Å². The molecule has 5 nitrogen and oxygen atoms in total. The first-order valence-corrected chi connectivity index (χ1v) is 5.71. The Morgan fingerprint density at radius 3 is 1.27 bits per heavy atom. The second-order valence-electron chi connectivity index (χ2n) is 3.06. The molecule has 0 radical (unpaired) electrons. The fraction of sp³-hybridized carbons (Fsp3) is 0.778. The van der Waals surface area contributed by atoms with Crippen molar-refractivity contribution in [1.82, 2.24) is 0 Å². The molecule has 0 saturated carbocycles. The number of unbranched alkanes of at least 4 members (excludes halogenated alkanes) is 4. The molecular weight excluding hydrogens is 340 g/mol. The summed E-state index contributed by atoms with van der Waals surface area (Å²) in [6, 6.07) is 0. The Bertz CT molecular complexity index is 165. The Morgan fingerprint density at radius 2 is 1.00 bits per heavy atom. The van der Waals surface area contributed by atoms with Crippen LogP contribution in [0.2, 0.25) is 0 Å². The van der Waals surface area contributed by atoms with Crippen LogP contribution in [0.3, 0.4) is 0 Å². The standard InChI is InChI=1S/C9H16O4.Eu.O/c10-8(11)6-4-2-1-3-5-7-9(12)13;;/h1-7H2,(H,10,11)(H,12,13);;. The van der Waals surface area contributed by atoms with E-state index in [0.717, 1.165) is 19.3 Å². The van der Waals surface area contributed by atoms with Gasteiger partial charge in [-0.1, -0.05) is 19.3 Å². The van der Waals surface area contributed by atoms with Gasteiger partial charge in [-0.05, 0) is 12.8 Å². The van der Waals surface area contributed by atoms with Crippen molar-refractivity contribution in [2.45, 2.75) is 44.9 Å². The molecule has 0 amide bonds. The van der Waals surface area contributed by atoms with Gasteiger partial charge in [0.1, 0.15) is 0 Å². The van der Waals surface area contributed by atoms with Crippen LogP contribution in [0.15, 0.2) is 0 Å². The van der Waals surface area contributed by atoms with Gasteiger partial charge in [-0.25, -0.2) is 0 Å². The Kier molecular flexibility index (Phi) is 16.9. The second-order valence-corrected chi connectivity index (χ2v) is 3.06. The zero-order valence-corrected chi connectivity index (χ0v) is 10.9. The summed E-state index contributed by atoms with van der Waals surface area (Å²) in [5.74, 6) is -1.52. The molecule has 89 valence electrons. The normalized spacial score (nSPS) is 8.80. The molecule has 0 unspecified atom stereocenters. The molecule has 0 spiro atoms. The van der Waals surface area contributed by atoms with Gasteiger partial charge in [-0.3, -0.25) is 9.59 Å². The average Bonchev–Trinajstić information content (AvgIpc) is 2.18. The van der Waals surface area contributed by atoms with Crippen molar-refractivity contribution in [3.63, 3.8) is 0 Å². The summed E-state index contributed by atoms with van der Waals surface area (Å²) in [4.78, 5) is 20.2. The van der Waals surface area contributed by atoms with Crippen LogP contribution in [0.25, 0.3) is 0 Å². The molecule has 0 bridgehead atoms. The number of carboxylic acid groups (broad SMARTS) is 2. The summed E-state index contributed by atoms with van der Waals surface area (Å²) in [6.45, 7) is 0. The Hall–Kier alpha value is 0.324. The van der Waals surface area contributed by atoms with Gasteiger partial charge in [0, 0.05) is 12.8 Å². The molecule has 0 aromatic carbocycles. The molecule has 0 aromatic heterocycles. The third-order valence-corrected chi connectivity index (χ3v) is 1.78. The van der Waals surface area contributed by atoms with E-state index in [4.69, 9.17) is 10.2 Å². The van der Waals surface area contributed by atoms with Gasteiger partial charge in [-0.15, -0.1) is 0 Å². The molecule has 0 aromatic rings. The third kappa shape index (κ3) is 20.4. The summed E-state index contributed by atoms with van der Waals surface area (Å²) in [7, 11) is 0. The minimum atomic E-state index is -0.759. The van der Waals surface area contributed by atoms with Crippen LogP contribution in [0, 0.1) is 47.2 Å². The van der Waals surface area contributed by atoms with Crippen LogP contribution in [-0.4, -0.2) is 22.2 Å². The van der Waals surface area contributed by atoms with Gasteiger partial charge >= 0.3 is 59.1 Å². The zero-order chi connectivity index (χ0) is 12.1. The summed E-state index contributed by atoms with van der Waals surface area (Å²) in [5, 5.41) is 16.6. The van der Waals surface area contributed by atoms with E-state index in [1.807, 2.05) is 0 Å². The maximum atomic E-state index is 10.1. The zero-order valence-electron chi connectivity index (χ0n) is 8.45. The van der Waals surface area contributed by atoms with Crippen LogP contribution >= 0.6 is 0 Å². The molecule has 0 aliphatic rings. The van der Waals surface area contributed by atoms with Gasteiger partial charge in [-0.2, -0.15) is 0 Å². The number of carboxylic acids is 2. The predicted molar refractivity (Wildman–Crippen MR) is 48.3 cm³/mol. The molecule has 0 heterocycles. The van der Waals surface area contributed by atoms with Gasteiger partial charge < -0.3 is 10.2 Å². The van der Waals surface area contributed by atoms with Gasteiger partial charge in [0.25, 0.3) is 0 Å². The average molecular weight is 356 g/mol. The number of hydrogen-bond donors (Lipinski definition) is 2. The van der Waals surface area contributed by atoms with Crippen molar-refractivity contribution in [3.05, 3.63) is 0 Å². The second kappa shape index (κ2) is 14.3. The quantitative estimate of drug-likeness (QED) is 0.647. The number of hydrogen-bond acceptors (Lipinski definition) is 3. The Balaban J connectivity index is 0. The first-order valence-electron chi connectivity index (χ1n) is 4.72. The van der Waals surface area contributed by atoms with E-state index < -0.39 is 11.9 Å². The number of rotatable bonds is 8. The Morgan fingerprint density at radius 1 is 0.733 bits per heavy atom. The minimum absolute atomic E-state index is 0.221. The van der Waals surface area contributed by atoms with E-state index in [1.165, 1.54) is 0 Å². The van der Waals surface area contributed by atoms with Crippen molar-refractivity contribution in [2.24, 2.45) is 0 Å². The predicted octanol–water partition coefficient (Wildman–Crippen LogP) is 1.77. The van der Waals surface area contributed by atoms with Gasteiger partial charge in [0.05, 0.1) is 0 Å². The molecule has 0 atom stereocenters. The van der Waals surface area contributed by atoms with E-state index >= 15 is 0 Å². The third-order valence-electron chi connectivity index (χ3n) is 1.78. The molecule has 0 aliphatic carbocycles. The summed E-state index contributed by atoms with van der Waals surface area (Å²) in [5.41, 5.74) is 0. The summed E-state index contributed by atoms with van der Waals surface area (Å²) < 4.78 is 8.31. The maximum absolute atomic E-state index is 10.1. The van der Waals surface area contributed by atoms with Crippen LogP contribution in [0.4, 0.5) is 0 Å². The molecule has 6 heteroatoms. The SMILES string of the molecule is O=C(O)CCCCCCCC(=O)O.[O]=[Eu]. The molecule has 15 heavy (non-hydrogen) atoms. The van der Waals surface area contributed by atoms with E-state index in [1.54, 1.807) is 0 Å². The Labute approximate surface area is 122 Å². The first kappa shape index (κ1) is 17.7. The molecule has 0 rings (SSSR count). The monoisotopic (exact) mass is 357 g/mol. The molecule has 0 aliphatic heterocycles. The van der Waals surface area contributed by atoms with Crippen molar-refractivity contribution in [1.29, 1.82) is 0 Å². The van der Waals surface area contributed by atoms with Gasteiger partial charge in [0.15, 0.2) is 0 Å².